The van der Waals surface area contributed by atoms with Crippen molar-refractivity contribution >= 4 is 0 Å². The highest BCUT2D eigenvalue weighted by atomic mass is 19.4. The van der Waals surface area contributed by atoms with Crippen LogP contribution in [-0.4, -0.2) is 24.9 Å². The molecule has 0 rings (SSSR count). The molecule has 0 saturated carbocycles. The van der Waals surface area contributed by atoms with Crippen LogP contribution in [0.25, 0.3) is 0 Å². The summed E-state index contributed by atoms with van der Waals surface area (Å²) in [5.41, 5.74) is 0. The van der Waals surface area contributed by atoms with E-state index in [9.17, 15) is 26.3 Å². The Bertz CT molecular complexity index is 219. The quantitative estimate of drug-likeness (QED) is 0.720. The van der Waals surface area contributed by atoms with Crippen LogP contribution in [0, 0.1) is 11.8 Å². The summed E-state index contributed by atoms with van der Waals surface area (Å²) in [5, 5.41) is 2.31. The summed E-state index contributed by atoms with van der Waals surface area (Å²) >= 11 is 0. The fourth-order valence-corrected chi connectivity index (χ4v) is 1.80. The fraction of sp³-hybridized carbons (Fsp3) is 1.00. The predicted molar refractivity (Wildman–Crippen MR) is 57.1 cm³/mol. The van der Waals surface area contributed by atoms with Crippen molar-refractivity contribution in [2.75, 3.05) is 6.54 Å². The summed E-state index contributed by atoms with van der Waals surface area (Å²) in [5.74, 6) is -3.24. The van der Waals surface area contributed by atoms with Gasteiger partial charge in [0.25, 0.3) is 0 Å². The van der Waals surface area contributed by atoms with Crippen LogP contribution in [0.3, 0.4) is 0 Å². The van der Waals surface area contributed by atoms with Crippen LogP contribution >= 0.6 is 0 Å². The van der Waals surface area contributed by atoms with Crippen LogP contribution in [0.2, 0.25) is 0 Å². The molecule has 0 aromatic carbocycles. The normalized spacial score (nSPS) is 15.5. The lowest BCUT2D eigenvalue weighted by Gasteiger charge is -2.31. The average Bonchev–Trinajstić information content (AvgIpc) is 2.09. The SMILES string of the molecule is CCNC(CCC(C)C)C(C(F)(F)F)C(F)(F)F. The molecule has 110 valence electrons. The summed E-state index contributed by atoms with van der Waals surface area (Å²) in [6.45, 7) is 5.09. The van der Waals surface area contributed by atoms with E-state index in [1.807, 2.05) is 0 Å². The first-order chi connectivity index (χ1) is 8.00. The van der Waals surface area contributed by atoms with Crippen LogP contribution < -0.4 is 5.32 Å². The highest BCUT2D eigenvalue weighted by molar-refractivity contribution is 4.87. The summed E-state index contributed by atoms with van der Waals surface area (Å²) < 4.78 is 75.3. The maximum Gasteiger partial charge on any atom is 0.401 e. The van der Waals surface area contributed by atoms with Crippen molar-refractivity contribution in [3.63, 3.8) is 0 Å². The van der Waals surface area contributed by atoms with Crippen LogP contribution in [-0.2, 0) is 0 Å². The first-order valence-electron chi connectivity index (χ1n) is 5.87. The molecule has 0 aromatic heterocycles. The third-order valence-corrected chi connectivity index (χ3v) is 2.63. The molecule has 1 atom stereocenters. The Morgan fingerprint density at radius 3 is 1.61 bits per heavy atom. The van der Waals surface area contributed by atoms with Gasteiger partial charge in [0.1, 0.15) is 0 Å². The van der Waals surface area contributed by atoms with Gasteiger partial charge in [-0.25, -0.2) is 0 Å². The van der Waals surface area contributed by atoms with E-state index in [1.54, 1.807) is 13.8 Å². The number of alkyl halides is 6. The van der Waals surface area contributed by atoms with Crippen LogP contribution in [0.5, 0.6) is 0 Å². The van der Waals surface area contributed by atoms with Gasteiger partial charge >= 0.3 is 12.4 Å². The molecule has 18 heavy (non-hydrogen) atoms. The number of nitrogens with one attached hydrogen (secondary N) is 1. The molecule has 0 amide bonds. The van der Waals surface area contributed by atoms with Crippen LogP contribution in [0.4, 0.5) is 26.3 Å². The maximum absolute atomic E-state index is 12.6. The summed E-state index contributed by atoms with van der Waals surface area (Å²) in [6, 6.07) is -1.61. The minimum Gasteiger partial charge on any atom is -0.313 e. The largest absolute Gasteiger partial charge is 0.401 e. The summed E-state index contributed by atoms with van der Waals surface area (Å²) in [6.07, 6.45) is -10.4. The third kappa shape index (κ3) is 5.93. The molecule has 0 saturated heterocycles. The number of rotatable bonds is 6. The molecule has 1 N–H and O–H groups in total. The van der Waals surface area contributed by atoms with Crippen molar-refractivity contribution in [2.45, 2.75) is 52.0 Å². The van der Waals surface area contributed by atoms with E-state index in [4.69, 9.17) is 0 Å². The molecule has 1 nitrogen and oxygen atoms in total. The van der Waals surface area contributed by atoms with E-state index in [2.05, 4.69) is 5.32 Å². The highest BCUT2D eigenvalue weighted by Gasteiger charge is 2.59. The van der Waals surface area contributed by atoms with E-state index < -0.39 is 24.3 Å². The Morgan fingerprint density at radius 2 is 1.33 bits per heavy atom. The zero-order valence-electron chi connectivity index (χ0n) is 10.6. The van der Waals surface area contributed by atoms with E-state index in [0.717, 1.165) is 0 Å². The van der Waals surface area contributed by atoms with Gasteiger partial charge in [0.2, 0.25) is 0 Å². The second kappa shape index (κ2) is 6.63. The molecule has 0 aliphatic heterocycles. The summed E-state index contributed by atoms with van der Waals surface area (Å²) in [4.78, 5) is 0. The van der Waals surface area contributed by atoms with Crippen molar-refractivity contribution in [2.24, 2.45) is 11.8 Å². The van der Waals surface area contributed by atoms with Gasteiger partial charge in [-0.1, -0.05) is 20.8 Å². The molecule has 1 unspecified atom stereocenters. The Balaban J connectivity index is 4.99. The smallest absolute Gasteiger partial charge is 0.313 e. The number of halogens is 6. The minimum atomic E-state index is -5.28. The fourth-order valence-electron chi connectivity index (χ4n) is 1.80. The van der Waals surface area contributed by atoms with E-state index in [0.29, 0.717) is 6.42 Å². The number of hydrogen-bond donors (Lipinski definition) is 1. The lowest BCUT2D eigenvalue weighted by atomic mass is 9.91. The Labute approximate surface area is 103 Å². The molecule has 0 aliphatic rings. The molecule has 7 heteroatoms. The van der Waals surface area contributed by atoms with Crippen molar-refractivity contribution in [3.05, 3.63) is 0 Å². The molecule has 0 spiro atoms. The second-order valence-electron chi connectivity index (χ2n) is 4.70. The van der Waals surface area contributed by atoms with Gasteiger partial charge in [-0.15, -0.1) is 0 Å². The van der Waals surface area contributed by atoms with Crippen molar-refractivity contribution in [3.8, 4) is 0 Å². The predicted octanol–water partition coefficient (Wildman–Crippen LogP) is 4.14. The number of hydrogen-bond acceptors (Lipinski definition) is 1. The molecular weight excluding hydrogens is 260 g/mol. The Morgan fingerprint density at radius 1 is 0.889 bits per heavy atom. The first-order valence-corrected chi connectivity index (χ1v) is 5.87. The standard InChI is InChI=1S/C11H19F6N/c1-4-18-8(6-5-7(2)3)9(10(12,13)14)11(15,16)17/h7-9,18H,4-6H2,1-3H3. The zero-order chi connectivity index (χ0) is 14.6. The minimum absolute atomic E-state index is 0.0632. The van der Waals surface area contributed by atoms with Crippen molar-refractivity contribution < 1.29 is 26.3 Å². The molecule has 0 heterocycles. The summed E-state index contributed by atoms with van der Waals surface area (Å²) in [7, 11) is 0. The lowest BCUT2D eigenvalue weighted by Crippen LogP contribution is -2.51. The van der Waals surface area contributed by atoms with E-state index in [-0.39, 0.29) is 18.9 Å². The highest BCUT2D eigenvalue weighted by Crippen LogP contribution is 2.42. The van der Waals surface area contributed by atoms with Crippen LogP contribution in [0.15, 0.2) is 0 Å². The van der Waals surface area contributed by atoms with Gasteiger partial charge < -0.3 is 5.32 Å². The molecular formula is C11H19F6N. The van der Waals surface area contributed by atoms with Gasteiger partial charge in [-0.3, -0.25) is 0 Å². The van der Waals surface area contributed by atoms with Crippen molar-refractivity contribution in [1.29, 1.82) is 0 Å². The Hall–Kier alpha value is -0.460. The molecule has 0 aromatic rings. The van der Waals surface area contributed by atoms with Gasteiger partial charge in [0.05, 0.1) is 0 Å². The molecule has 0 fully saturated rings. The third-order valence-electron chi connectivity index (χ3n) is 2.63. The van der Waals surface area contributed by atoms with Crippen molar-refractivity contribution in [1.82, 2.24) is 5.32 Å². The van der Waals surface area contributed by atoms with Gasteiger partial charge in [0, 0.05) is 6.04 Å². The van der Waals surface area contributed by atoms with Crippen LogP contribution in [0.1, 0.15) is 33.6 Å². The topological polar surface area (TPSA) is 12.0 Å². The molecule has 0 aliphatic carbocycles. The first kappa shape index (κ1) is 17.5. The van der Waals surface area contributed by atoms with Gasteiger partial charge in [0.15, 0.2) is 5.92 Å². The van der Waals surface area contributed by atoms with E-state index >= 15 is 0 Å². The maximum atomic E-state index is 12.6. The zero-order valence-corrected chi connectivity index (χ0v) is 10.6. The van der Waals surface area contributed by atoms with Gasteiger partial charge in [-0.2, -0.15) is 26.3 Å². The molecule has 0 bridgehead atoms. The lowest BCUT2D eigenvalue weighted by molar-refractivity contribution is -0.292. The average molecular weight is 279 g/mol. The Kier molecular flexibility index (Phi) is 6.46. The molecule has 0 radical (unpaired) electrons. The second-order valence-corrected chi connectivity index (χ2v) is 4.70. The van der Waals surface area contributed by atoms with Gasteiger partial charge in [-0.05, 0) is 25.3 Å². The monoisotopic (exact) mass is 279 g/mol. The van der Waals surface area contributed by atoms with E-state index in [1.165, 1.54) is 6.92 Å².